The highest BCUT2D eigenvalue weighted by atomic mass is 16.5. The number of aromatic nitrogens is 2. The van der Waals surface area contributed by atoms with E-state index in [1.807, 2.05) is 31.2 Å². The summed E-state index contributed by atoms with van der Waals surface area (Å²) in [5, 5.41) is 4.10. The maximum absolute atomic E-state index is 12.4. The number of carbonyl (C=O) groups excluding carboxylic acids is 1. The van der Waals surface area contributed by atoms with E-state index in [2.05, 4.69) is 5.10 Å². The lowest BCUT2D eigenvalue weighted by Crippen LogP contribution is -2.34. The first kappa shape index (κ1) is 18.7. The molecule has 0 aliphatic heterocycles. The van der Waals surface area contributed by atoms with Crippen LogP contribution in [0.1, 0.15) is 16.1 Å². The number of methoxy groups -OCH3 is 1. The van der Waals surface area contributed by atoms with Gasteiger partial charge in [0, 0.05) is 20.2 Å². The van der Waals surface area contributed by atoms with Crippen molar-refractivity contribution in [3.63, 3.8) is 0 Å². The molecule has 2 rings (SSSR count). The van der Waals surface area contributed by atoms with Gasteiger partial charge in [0.2, 0.25) is 0 Å². The molecule has 1 aromatic carbocycles. The van der Waals surface area contributed by atoms with E-state index in [1.54, 1.807) is 14.2 Å². The lowest BCUT2D eigenvalue weighted by Gasteiger charge is -2.17. The number of amides is 1. The number of carbonyl (C=O) groups is 1. The molecule has 25 heavy (non-hydrogen) atoms. The van der Waals surface area contributed by atoms with E-state index in [-0.39, 0.29) is 17.2 Å². The molecule has 0 unspecified atom stereocenters. The van der Waals surface area contributed by atoms with Crippen molar-refractivity contribution in [2.75, 3.05) is 33.9 Å². The highest BCUT2D eigenvalue weighted by Crippen LogP contribution is 2.12. The first-order valence-corrected chi connectivity index (χ1v) is 8.03. The normalized spacial score (nSPS) is 10.5. The Kier molecular flexibility index (Phi) is 6.71. The molecule has 0 radical (unpaired) electrons. The third-order valence-electron chi connectivity index (χ3n) is 3.62. The van der Waals surface area contributed by atoms with Gasteiger partial charge in [-0.05, 0) is 30.7 Å². The highest BCUT2D eigenvalue weighted by Gasteiger charge is 2.14. The molecule has 0 fully saturated rings. The van der Waals surface area contributed by atoms with Crippen molar-refractivity contribution in [2.24, 2.45) is 0 Å². The Bertz CT molecular complexity index is 773. The van der Waals surface area contributed by atoms with E-state index in [4.69, 9.17) is 9.47 Å². The van der Waals surface area contributed by atoms with Crippen LogP contribution in [0.25, 0.3) is 0 Å². The zero-order chi connectivity index (χ0) is 18.2. The van der Waals surface area contributed by atoms with Gasteiger partial charge in [0.1, 0.15) is 18.1 Å². The van der Waals surface area contributed by atoms with E-state index in [1.165, 1.54) is 21.7 Å². The van der Waals surface area contributed by atoms with E-state index in [9.17, 15) is 9.59 Å². The van der Waals surface area contributed by atoms with Crippen LogP contribution in [0.2, 0.25) is 0 Å². The lowest BCUT2D eigenvalue weighted by molar-refractivity contribution is 0.0764. The van der Waals surface area contributed by atoms with Crippen molar-refractivity contribution < 1.29 is 14.3 Å². The van der Waals surface area contributed by atoms with Crippen LogP contribution < -0.4 is 10.3 Å². The van der Waals surface area contributed by atoms with Gasteiger partial charge in [0.05, 0.1) is 19.7 Å². The van der Waals surface area contributed by atoms with Crippen molar-refractivity contribution in [1.82, 2.24) is 14.7 Å². The lowest BCUT2D eigenvalue weighted by atomic mass is 10.2. The number of hydrogen-bond donors (Lipinski definition) is 0. The number of aryl methyl sites for hydroxylation is 1. The summed E-state index contributed by atoms with van der Waals surface area (Å²) >= 11 is 0. The standard InChI is InChI=1S/C18H23N3O4/c1-14-5-4-6-15(13-14)25-12-9-20(2)18(23)16-7-8-17(22)21(19-16)10-11-24-3/h4-8,13H,9-12H2,1-3H3. The third-order valence-corrected chi connectivity index (χ3v) is 3.62. The minimum absolute atomic E-state index is 0.216. The largest absolute Gasteiger partial charge is 0.492 e. The Morgan fingerprint density at radius 2 is 2.04 bits per heavy atom. The predicted octanol–water partition coefficient (Wildman–Crippen LogP) is 1.35. The molecular formula is C18H23N3O4. The van der Waals surface area contributed by atoms with Gasteiger partial charge in [0.25, 0.3) is 11.5 Å². The number of ether oxygens (including phenoxy) is 2. The highest BCUT2D eigenvalue weighted by molar-refractivity contribution is 5.91. The van der Waals surface area contributed by atoms with Gasteiger partial charge < -0.3 is 14.4 Å². The molecular weight excluding hydrogens is 322 g/mol. The number of benzene rings is 1. The average Bonchev–Trinajstić information content (AvgIpc) is 2.60. The van der Waals surface area contributed by atoms with E-state index in [0.717, 1.165) is 11.3 Å². The zero-order valence-electron chi connectivity index (χ0n) is 14.8. The second-order valence-corrected chi connectivity index (χ2v) is 5.66. The van der Waals surface area contributed by atoms with Crippen LogP contribution in [0.5, 0.6) is 5.75 Å². The minimum Gasteiger partial charge on any atom is -0.492 e. The van der Waals surface area contributed by atoms with Crippen LogP contribution >= 0.6 is 0 Å². The molecule has 0 saturated heterocycles. The Labute approximate surface area is 146 Å². The van der Waals surface area contributed by atoms with Crippen molar-refractivity contribution in [1.29, 1.82) is 0 Å². The Morgan fingerprint density at radius 3 is 2.76 bits per heavy atom. The quantitative estimate of drug-likeness (QED) is 0.722. The first-order valence-electron chi connectivity index (χ1n) is 8.03. The second kappa shape index (κ2) is 8.98. The molecule has 2 aromatic rings. The average molecular weight is 345 g/mol. The van der Waals surface area contributed by atoms with Crippen LogP contribution in [0, 0.1) is 6.92 Å². The third kappa shape index (κ3) is 5.42. The molecule has 0 atom stereocenters. The van der Waals surface area contributed by atoms with E-state index >= 15 is 0 Å². The number of nitrogens with zero attached hydrogens (tertiary/aromatic N) is 3. The van der Waals surface area contributed by atoms with Crippen molar-refractivity contribution in [3.05, 3.63) is 58.0 Å². The topological polar surface area (TPSA) is 73.7 Å². The van der Waals surface area contributed by atoms with E-state index < -0.39 is 0 Å². The van der Waals surface area contributed by atoms with Crippen LogP contribution in [-0.4, -0.2) is 54.5 Å². The van der Waals surface area contributed by atoms with Gasteiger partial charge in [0.15, 0.2) is 0 Å². The fourth-order valence-corrected chi connectivity index (χ4v) is 2.20. The molecule has 0 aliphatic carbocycles. The van der Waals surface area contributed by atoms with E-state index in [0.29, 0.717) is 26.3 Å². The van der Waals surface area contributed by atoms with Crippen molar-refractivity contribution in [2.45, 2.75) is 13.5 Å². The monoisotopic (exact) mass is 345 g/mol. The Hall–Kier alpha value is -2.67. The summed E-state index contributed by atoms with van der Waals surface area (Å²) in [5.74, 6) is 0.506. The molecule has 1 aromatic heterocycles. The summed E-state index contributed by atoms with van der Waals surface area (Å²) < 4.78 is 11.8. The number of rotatable bonds is 8. The zero-order valence-corrected chi connectivity index (χ0v) is 14.8. The van der Waals surface area contributed by atoms with Gasteiger partial charge in [-0.2, -0.15) is 5.10 Å². The van der Waals surface area contributed by atoms with Crippen molar-refractivity contribution >= 4 is 5.91 Å². The Morgan fingerprint density at radius 1 is 1.24 bits per heavy atom. The molecule has 0 N–H and O–H groups in total. The molecule has 0 spiro atoms. The molecule has 1 heterocycles. The van der Waals surface area contributed by atoms with Crippen LogP contribution in [0.15, 0.2) is 41.2 Å². The fourth-order valence-electron chi connectivity index (χ4n) is 2.20. The molecule has 134 valence electrons. The molecule has 0 aliphatic rings. The first-order chi connectivity index (χ1) is 12.0. The van der Waals surface area contributed by atoms with Crippen LogP contribution in [-0.2, 0) is 11.3 Å². The summed E-state index contributed by atoms with van der Waals surface area (Å²) in [6.07, 6.45) is 0. The van der Waals surface area contributed by atoms with Crippen LogP contribution in [0.3, 0.4) is 0 Å². The van der Waals surface area contributed by atoms with Crippen LogP contribution in [0.4, 0.5) is 0 Å². The minimum atomic E-state index is -0.265. The Balaban J connectivity index is 1.94. The van der Waals surface area contributed by atoms with Gasteiger partial charge in [-0.25, -0.2) is 4.68 Å². The summed E-state index contributed by atoms with van der Waals surface area (Å²) in [6.45, 7) is 3.43. The van der Waals surface area contributed by atoms with Gasteiger partial charge in [-0.15, -0.1) is 0 Å². The number of likely N-dealkylation sites (N-methyl/N-ethyl adjacent to an activating group) is 1. The molecule has 7 heteroatoms. The molecule has 7 nitrogen and oxygen atoms in total. The predicted molar refractivity (Wildman–Crippen MR) is 94.0 cm³/mol. The maximum Gasteiger partial charge on any atom is 0.274 e. The SMILES string of the molecule is COCCn1nc(C(=O)N(C)CCOc2cccc(C)c2)ccc1=O. The molecule has 0 saturated carbocycles. The fraction of sp³-hybridized carbons (Fsp3) is 0.389. The number of hydrogen-bond acceptors (Lipinski definition) is 5. The van der Waals surface area contributed by atoms with Gasteiger partial charge in [-0.3, -0.25) is 9.59 Å². The van der Waals surface area contributed by atoms with Gasteiger partial charge >= 0.3 is 0 Å². The van der Waals surface area contributed by atoms with Gasteiger partial charge in [-0.1, -0.05) is 12.1 Å². The summed E-state index contributed by atoms with van der Waals surface area (Å²) in [5.41, 5.74) is 1.07. The maximum atomic E-state index is 12.4. The summed E-state index contributed by atoms with van der Waals surface area (Å²) in [7, 11) is 3.22. The smallest absolute Gasteiger partial charge is 0.274 e. The summed E-state index contributed by atoms with van der Waals surface area (Å²) in [6, 6.07) is 10.5. The molecule has 1 amide bonds. The second-order valence-electron chi connectivity index (χ2n) is 5.66. The van der Waals surface area contributed by atoms with Crippen molar-refractivity contribution in [3.8, 4) is 5.75 Å². The summed E-state index contributed by atoms with van der Waals surface area (Å²) in [4.78, 5) is 25.7. The molecule has 0 bridgehead atoms.